The van der Waals surface area contributed by atoms with Gasteiger partial charge in [0.15, 0.2) is 0 Å². The average molecular weight is 457 g/mol. The van der Waals surface area contributed by atoms with Crippen LogP contribution in [-0.4, -0.2) is 61.3 Å². The highest BCUT2D eigenvalue weighted by Crippen LogP contribution is 2.33. The molecule has 7 heteroatoms. The fourth-order valence-corrected chi connectivity index (χ4v) is 4.72. The molecule has 2 aliphatic rings. The predicted octanol–water partition coefficient (Wildman–Crippen LogP) is 4.15. The van der Waals surface area contributed by atoms with E-state index in [0.29, 0.717) is 6.54 Å². The van der Waals surface area contributed by atoms with Crippen LogP contribution in [0.25, 0.3) is 11.1 Å². The third-order valence-corrected chi connectivity index (χ3v) is 6.54. The SMILES string of the molecule is O=C(O)CN1CCN(c2ccc(-c3ccc4c(c3)CCN4C(=O)Nc3ccccc3)cc2)CC1. The van der Waals surface area contributed by atoms with Crippen LogP contribution in [0.1, 0.15) is 5.56 Å². The van der Waals surface area contributed by atoms with E-state index in [0.717, 1.165) is 60.8 Å². The number of hydrogen-bond acceptors (Lipinski definition) is 4. The van der Waals surface area contributed by atoms with E-state index in [1.54, 1.807) is 4.90 Å². The minimum Gasteiger partial charge on any atom is -0.480 e. The van der Waals surface area contributed by atoms with Gasteiger partial charge in [-0.15, -0.1) is 0 Å². The quantitative estimate of drug-likeness (QED) is 0.603. The van der Waals surface area contributed by atoms with Crippen LogP contribution in [0.15, 0.2) is 72.8 Å². The van der Waals surface area contributed by atoms with Crippen LogP contribution in [0.5, 0.6) is 0 Å². The van der Waals surface area contributed by atoms with Crippen LogP contribution < -0.4 is 15.1 Å². The standard InChI is InChI=1S/C27H28N4O3/c32-26(33)19-29-14-16-30(17-15-29)24-9-6-20(7-10-24)21-8-11-25-22(18-21)12-13-31(25)27(34)28-23-4-2-1-3-5-23/h1-11,18H,12-17,19H2,(H,28,34)(H,32,33). The maximum Gasteiger partial charge on any atom is 0.326 e. The summed E-state index contributed by atoms with van der Waals surface area (Å²) in [7, 11) is 0. The molecule has 0 spiro atoms. The molecular formula is C27H28N4O3. The first-order chi connectivity index (χ1) is 16.6. The zero-order valence-corrected chi connectivity index (χ0v) is 19.0. The molecule has 0 aliphatic carbocycles. The maximum atomic E-state index is 12.8. The van der Waals surface area contributed by atoms with Crippen molar-refractivity contribution in [3.63, 3.8) is 0 Å². The van der Waals surface area contributed by atoms with Crippen LogP contribution in [-0.2, 0) is 11.2 Å². The second-order valence-corrected chi connectivity index (χ2v) is 8.75. The Balaban J connectivity index is 1.24. The lowest BCUT2D eigenvalue weighted by molar-refractivity contribution is -0.138. The van der Waals surface area contributed by atoms with E-state index in [4.69, 9.17) is 5.11 Å². The summed E-state index contributed by atoms with van der Waals surface area (Å²) in [5.74, 6) is -0.771. The van der Waals surface area contributed by atoms with Gasteiger partial charge in [0.2, 0.25) is 0 Å². The summed E-state index contributed by atoms with van der Waals surface area (Å²) in [5.41, 5.74) is 6.38. The highest BCUT2D eigenvalue weighted by atomic mass is 16.4. The second kappa shape index (κ2) is 9.57. The van der Waals surface area contributed by atoms with Gasteiger partial charge in [-0.1, -0.05) is 36.4 Å². The maximum absolute atomic E-state index is 12.8. The fourth-order valence-electron chi connectivity index (χ4n) is 4.72. The van der Waals surface area contributed by atoms with E-state index in [2.05, 4.69) is 46.6 Å². The molecule has 34 heavy (non-hydrogen) atoms. The van der Waals surface area contributed by atoms with Crippen molar-refractivity contribution in [2.45, 2.75) is 6.42 Å². The van der Waals surface area contributed by atoms with Crippen molar-refractivity contribution >= 4 is 29.1 Å². The molecule has 0 bridgehead atoms. The Labute approximate surface area is 199 Å². The number of nitrogens with zero attached hydrogens (tertiary/aromatic N) is 3. The Morgan fingerprint density at radius 1 is 0.824 bits per heavy atom. The number of amides is 2. The van der Waals surface area contributed by atoms with Crippen LogP contribution >= 0.6 is 0 Å². The van der Waals surface area contributed by atoms with Crippen molar-refractivity contribution in [3.8, 4) is 11.1 Å². The average Bonchev–Trinajstić information content (AvgIpc) is 3.28. The lowest BCUT2D eigenvalue weighted by Crippen LogP contribution is -2.47. The Kier molecular flexibility index (Phi) is 6.18. The molecule has 1 saturated heterocycles. The number of benzene rings is 3. The van der Waals surface area contributed by atoms with Gasteiger partial charge in [-0.05, 0) is 59.5 Å². The number of anilines is 3. The van der Waals surface area contributed by atoms with Crippen LogP contribution in [0, 0.1) is 0 Å². The lowest BCUT2D eigenvalue weighted by Gasteiger charge is -2.35. The van der Waals surface area contributed by atoms with Crippen molar-refractivity contribution < 1.29 is 14.7 Å². The van der Waals surface area contributed by atoms with E-state index < -0.39 is 5.97 Å². The molecule has 5 rings (SSSR count). The van der Waals surface area contributed by atoms with Crippen molar-refractivity contribution in [1.29, 1.82) is 0 Å². The molecule has 7 nitrogen and oxygen atoms in total. The molecule has 2 N–H and O–H groups in total. The summed E-state index contributed by atoms with van der Waals surface area (Å²) in [6, 6.07) is 24.2. The second-order valence-electron chi connectivity index (χ2n) is 8.75. The van der Waals surface area contributed by atoms with Crippen LogP contribution in [0.3, 0.4) is 0 Å². The number of carbonyl (C=O) groups is 2. The van der Waals surface area contributed by atoms with Crippen molar-refractivity contribution in [2.24, 2.45) is 0 Å². The van der Waals surface area contributed by atoms with Gasteiger partial charge in [-0.25, -0.2) is 4.79 Å². The number of rotatable bonds is 5. The number of fused-ring (bicyclic) bond motifs is 1. The largest absolute Gasteiger partial charge is 0.480 e. The van der Waals surface area contributed by atoms with Gasteiger partial charge in [-0.3, -0.25) is 14.6 Å². The number of piperazine rings is 1. The normalized spacial score (nSPS) is 15.8. The fraction of sp³-hybridized carbons (Fsp3) is 0.259. The van der Waals surface area contributed by atoms with Gasteiger partial charge in [0.25, 0.3) is 0 Å². The molecule has 3 aromatic rings. The number of para-hydroxylation sites is 1. The monoisotopic (exact) mass is 456 g/mol. The Hall–Kier alpha value is -3.84. The number of aliphatic carboxylic acids is 1. The number of carboxylic acid groups (broad SMARTS) is 1. The molecule has 0 unspecified atom stereocenters. The molecule has 0 radical (unpaired) electrons. The third kappa shape index (κ3) is 4.75. The summed E-state index contributed by atoms with van der Waals surface area (Å²) in [6.07, 6.45) is 0.837. The van der Waals surface area contributed by atoms with Crippen LogP contribution in [0.4, 0.5) is 21.9 Å². The van der Waals surface area contributed by atoms with Gasteiger partial charge in [0.1, 0.15) is 0 Å². The first kappa shape index (κ1) is 22.0. The number of nitrogens with one attached hydrogen (secondary N) is 1. The summed E-state index contributed by atoms with van der Waals surface area (Å²) in [5, 5.41) is 11.9. The van der Waals surface area contributed by atoms with Gasteiger partial charge < -0.3 is 15.3 Å². The molecule has 0 aromatic heterocycles. The number of carboxylic acids is 1. The first-order valence-corrected chi connectivity index (χ1v) is 11.6. The molecule has 0 atom stereocenters. The number of carbonyl (C=O) groups excluding carboxylic acids is 1. The van der Waals surface area contributed by atoms with Crippen molar-refractivity contribution in [1.82, 2.24) is 4.90 Å². The summed E-state index contributed by atoms with van der Waals surface area (Å²) in [4.78, 5) is 29.8. The molecule has 174 valence electrons. The molecule has 0 saturated carbocycles. The van der Waals surface area contributed by atoms with E-state index in [-0.39, 0.29) is 12.6 Å². The van der Waals surface area contributed by atoms with Gasteiger partial charge in [-0.2, -0.15) is 0 Å². The first-order valence-electron chi connectivity index (χ1n) is 11.6. The Morgan fingerprint density at radius 2 is 1.53 bits per heavy atom. The third-order valence-electron chi connectivity index (χ3n) is 6.54. The molecular weight excluding hydrogens is 428 g/mol. The Morgan fingerprint density at radius 3 is 2.24 bits per heavy atom. The van der Waals surface area contributed by atoms with Gasteiger partial charge >= 0.3 is 12.0 Å². The minimum absolute atomic E-state index is 0.106. The van der Waals surface area contributed by atoms with Gasteiger partial charge in [0.05, 0.1) is 6.54 Å². The summed E-state index contributed by atoms with van der Waals surface area (Å²) < 4.78 is 0. The zero-order chi connectivity index (χ0) is 23.5. The van der Waals surface area contributed by atoms with Gasteiger partial charge in [0, 0.05) is 49.8 Å². The minimum atomic E-state index is -0.771. The zero-order valence-electron chi connectivity index (χ0n) is 19.0. The van der Waals surface area contributed by atoms with E-state index in [9.17, 15) is 9.59 Å². The molecule has 2 heterocycles. The van der Waals surface area contributed by atoms with E-state index in [1.807, 2.05) is 41.3 Å². The molecule has 2 aliphatic heterocycles. The molecule has 3 aromatic carbocycles. The van der Waals surface area contributed by atoms with E-state index >= 15 is 0 Å². The highest BCUT2D eigenvalue weighted by Gasteiger charge is 2.25. The summed E-state index contributed by atoms with van der Waals surface area (Å²) >= 11 is 0. The Bertz CT molecular complexity index is 1170. The van der Waals surface area contributed by atoms with Crippen LogP contribution in [0.2, 0.25) is 0 Å². The molecule has 2 amide bonds. The number of hydrogen-bond donors (Lipinski definition) is 2. The smallest absolute Gasteiger partial charge is 0.326 e. The van der Waals surface area contributed by atoms with Crippen molar-refractivity contribution in [2.75, 3.05) is 54.4 Å². The molecule has 1 fully saturated rings. The number of urea groups is 1. The topological polar surface area (TPSA) is 76.1 Å². The lowest BCUT2D eigenvalue weighted by atomic mass is 10.0. The van der Waals surface area contributed by atoms with E-state index in [1.165, 1.54) is 5.56 Å². The van der Waals surface area contributed by atoms with Crippen molar-refractivity contribution in [3.05, 3.63) is 78.4 Å². The predicted molar refractivity (Wildman–Crippen MR) is 135 cm³/mol. The highest BCUT2D eigenvalue weighted by molar-refractivity contribution is 6.03. The summed E-state index contributed by atoms with van der Waals surface area (Å²) in [6.45, 7) is 3.94.